The first kappa shape index (κ1) is 12.2. The Hall–Kier alpha value is -1.25. The Morgan fingerprint density at radius 1 is 1.12 bits per heavy atom. The summed E-state index contributed by atoms with van der Waals surface area (Å²) in [5.41, 5.74) is 1.18. The van der Waals surface area contributed by atoms with Crippen LogP contribution in [0.5, 0.6) is 0 Å². The van der Waals surface area contributed by atoms with Crippen molar-refractivity contribution in [2.24, 2.45) is 0 Å². The molecule has 0 aliphatic rings. The molecular weight excluding hydrogens is 234 g/mol. The van der Waals surface area contributed by atoms with Gasteiger partial charge in [-0.1, -0.05) is 23.7 Å². The zero-order valence-corrected chi connectivity index (χ0v) is 10.7. The van der Waals surface area contributed by atoms with Crippen molar-refractivity contribution in [3.05, 3.63) is 59.0 Å². The summed E-state index contributed by atoms with van der Waals surface area (Å²) < 4.78 is 5.37. The largest absolute Gasteiger partial charge is 0.468 e. The van der Waals surface area contributed by atoms with Gasteiger partial charge in [-0.3, -0.25) is 0 Å². The predicted molar refractivity (Wildman–Crippen MR) is 70.1 cm³/mol. The first-order valence-electron chi connectivity index (χ1n) is 5.71. The van der Waals surface area contributed by atoms with Crippen molar-refractivity contribution in [2.75, 3.05) is 0 Å². The molecule has 1 N–H and O–H groups in total. The first-order valence-corrected chi connectivity index (χ1v) is 6.09. The molecule has 0 radical (unpaired) electrons. The zero-order chi connectivity index (χ0) is 12.3. The Kier molecular flexibility index (Phi) is 3.87. The number of hydrogen-bond acceptors (Lipinski definition) is 2. The summed E-state index contributed by atoms with van der Waals surface area (Å²) in [5, 5.41) is 4.24. The molecular formula is C14H16ClNO. The summed E-state index contributed by atoms with van der Waals surface area (Å²) in [6.07, 6.45) is 1.69. The molecule has 2 rings (SSSR count). The van der Waals surface area contributed by atoms with Crippen LogP contribution in [0.1, 0.15) is 37.3 Å². The Labute approximate surface area is 107 Å². The van der Waals surface area contributed by atoms with Crippen molar-refractivity contribution in [3.8, 4) is 0 Å². The van der Waals surface area contributed by atoms with E-state index >= 15 is 0 Å². The maximum atomic E-state index is 5.98. The van der Waals surface area contributed by atoms with Gasteiger partial charge >= 0.3 is 0 Å². The fourth-order valence-electron chi connectivity index (χ4n) is 1.87. The van der Waals surface area contributed by atoms with Gasteiger partial charge in [-0.15, -0.1) is 0 Å². The minimum atomic E-state index is 0.180. The van der Waals surface area contributed by atoms with Crippen LogP contribution in [0.25, 0.3) is 0 Å². The molecule has 1 aromatic heterocycles. The lowest BCUT2D eigenvalue weighted by Crippen LogP contribution is -2.22. The highest BCUT2D eigenvalue weighted by molar-refractivity contribution is 6.30. The molecule has 0 saturated carbocycles. The van der Waals surface area contributed by atoms with Gasteiger partial charge < -0.3 is 9.73 Å². The van der Waals surface area contributed by atoms with Gasteiger partial charge in [0.25, 0.3) is 0 Å². The van der Waals surface area contributed by atoms with Crippen molar-refractivity contribution in [3.63, 3.8) is 0 Å². The molecule has 2 nitrogen and oxygen atoms in total. The van der Waals surface area contributed by atoms with Crippen LogP contribution in [0.15, 0.2) is 47.1 Å². The van der Waals surface area contributed by atoms with Crippen LogP contribution >= 0.6 is 11.6 Å². The SMILES string of the molecule is CC(N[C@@H](C)c1ccco1)c1cccc(Cl)c1. The molecule has 0 saturated heterocycles. The topological polar surface area (TPSA) is 25.2 Å². The number of nitrogens with one attached hydrogen (secondary N) is 1. The monoisotopic (exact) mass is 249 g/mol. The molecule has 90 valence electrons. The second-order valence-electron chi connectivity index (χ2n) is 4.18. The summed E-state index contributed by atoms with van der Waals surface area (Å²) >= 11 is 5.98. The number of furan rings is 1. The molecule has 1 aromatic carbocycles. The van der Waals surface area contributed by atoms with E-state index in [1.165, 1.54) is 5.56 Å². The average Bonchev–Trinajstić information content (AvgIpc) is 2.82. The smallest absolute Gasteiger partial charge is 0.120 e. The number of rotatable bonds is 4. The van der Waals surface area contributed by atoms with Crippen molar-refractivity contribution in [2.45, 2.75) is 25.9 Å². The van der Waals surface area contributed by atoms with Gasteiger partial charge in [-0.2, -0.15) is 0 Å². The third-order valence-electron chi connectivity index (χ3n) is 2.82. The summed E-state index contributed by atoms with van der Waals surface area (Å²) in [4.78, 5) is 0. The highest BCUT2D eigenvalue weighted by Crippen LogP contribution is 2.21. The maximum Gasteiger partial charge on any atom is 0.120 e. The Bertz CT molecular complexity index is 467. The van der Waals surface area contributed by atoms with Crippen LogP contribution in [0, 0.1) is 0 Å². The predicted octanol–water partition coefficient (Wildman–Crippen LogP) is 4.34. The fourth-order valence-corrected chi connectivity index (χ4v) is 2.07. The van der Waals surface area contributed by atoms with Gasteiger partial charge in [-0.25, -0.2) is 0 Å². The van der Waals surface area contributed by atoms with Gasteiger partial charge in [-0.05, 0) is 43.7 Å². The van der Waals surface area contributed by atoms with E-state index in [-0.39, 0.29) is 12.1 Å². The molecule has 0 aliphatic heterocycles. The minimum absolute atomic E-state index is 0.180. The molecule has 2 aromatic rings. The Morgan fingerprint density at radius 3 is 2.59 bits per heavy atom. The van der Waals surface area contributed by atoms with E-state index in [0.717, 1.165) is 10.8 Å². The maximum absolute atomic E-state index is 5.98. The van der Waals surface area contributed by atoms with E-state index in [4.69, 9.17) is 16.0 Å². The molecule has 17 heavy (non-hydrogen) atoms. The van der Waals surface area contributed by atoms with E-state index < -0.39 is 0 Å². The molecule has 0 spiro atoms. The van der Waals surface area contributed by atoms with Crippen LogP contribution in [0.2, 0.25) is 5.02 Å². The van der Waals surface area contributed by atoms with E-state index in [1.807, 2.05) is 30.3 Å². The summed E-state index contributed by atoms with van der Waals surface area (Å²) in [6, 6.07) is 12.2. The van der Waals surface area contributed by atoms with Crippen LogP contribution < -0.4 is 5.32 Å². The molecule has 0 amide bonds. The lowest BCUT2D eigenvalue weighted by Gasteiger charge is -2.19. The van der Waals surface area contributed by atoms with Gasteiger partial charge in [0.05, 0.1) is 12.3 Å². The molecule has 0 aliphatic carbocycles. The van der Waals surface area contributed by atoms with Crippen molar-refractivity contribution in [1.82, 2.24) is 5.32 Å². The van der Waals surface area contributed by atoms with Crippen molar-refractivity contribution < 1.29 is 4.42 Å². The Balaban J connectivity index is 2.04. The third-order valence-corrected chi connectivity index (χ3v) is 3.05. The van der Waals surface area contributed by atoms with Gasteiger partial charge in [0.1, 0.15) is 5.76 Å². The van der Waals surface area contributed by atoms with E-state index in [2.05, 4.69) is 25.2 Å². The molecule has 0 fully saturated rings. The normalized spacial score (nSPS) is 14.5. The van der Waals surface area contributed by atoms with E-state index in [1.54, 1.807) is 6.26 Å². The molecule has 1 unspecified atom stereocenters. The molecule has 0 bridgehead atoms. The lowest BCUT2D eigenvalue weighted by molar-refractivity contribution is 0.403. The number of benzene rings is 1. The second kappa shape index (κ2) is 5.39. The number of hydrogen-bond donors (Lipinski definition) is 1. The summed E-state index contributed by atoms with van der Waals surface area (Å²) in [7, 11) is 0. The van der Waals surface area contributed by atoms with Crippen molar-refractivity contribution in [1.29, 1.82) is 0 Å². The second-order valence-corrected chi connectivity index (χ2v) is 4.62. The lowest BCUT2D eigenvalue weighted by atomic mass is 10.1. The standard InChI is InChI=1S/C14H16ClNO/c1-10(12-5-3-6-13(15)9-12)16-11(2)14-7-4-8-17-14/h3-11,16H,1-2H3/t10?,11-/m0/s1. The van der Waals surface area contributed by atoms with Gasteiger partial charge in [0.15, 0.2) is 0 Å². The van der Waals surface area contributed by atoms with E-state index in [0.29, 0.717) is 0 Å². The minimum Gasteiger partial charge on any atom is -0.468 e. The van der Waals surface area contributed by atoms with Crippen LogP contribution in [0.3, 0.4) is 0 Å². The van der Waals surface area contributed by atoms with E-state index in [9.17, 15) is 0 Å². The van der Waals surface area contributed by atoms with Crippen LogP contribution in [0.4, 0.5) is 0 Å². The summed E-state index contributed by atoms with van der Waals surface area (Å²) in [5.74, 6) is 0.943. The number of halogens is 1. The third kappa shape index (κ3) is 3.11. The van der Waals surface area contributed by atoms with Crippen molar-refractivity contribution >= 4 is 11.6 Å². The van der Waals surface area contributed by atoms with Gasteiger partial charge in [0, 0.05) is 11.1 Å². The van der Waals surface area contributed by atoms with Crippen LogP contribution in [-0.2, 0) is 0 Å². The zero-order valence-electron chi connectivity index (χ0n) is 9.98. The first-order chi connectivity index (χ1) is 8.16. The molecule has 3 heteroatoms. The Morgan fingerprint density at radius 2 is 1.94 bits per heavy atom. The fraction of sp³-hybridized carbons (Fsp3) is 0.286. The summed E-state index contributed by atoms with van der Waals surface area (Å²) in [6.45, 7) is 4.20. The molecule has 1 heterocycles. The van der Waals surface area contributed by atoms with Crippen LogP contribution in [-0.4, -0.2) is 0 Å². The highest BCUT2D eigenvalue weighted by atomic mass is 35.5. The quantitative estimate of drug-likeness (QED) is 0.872. The highest BCUT2D eigenvalue weighted by Gasteiger charge is 2.12. The average molecular weight is 250 g/mol. The molecule has 2 atom stereocenters. The van der Waals surface area contributed by atoms with Gasteiger partial charge in [0.2, 0.25) is 0 Å².